The Morgan fingerprint density at radius 3 is 1.43 bits per heavy atom. The standard InChI is InChI=1S/C58H107N2O7P/c1-7-10-13-16-19-22-25-27-28-29-30-31-32-33-36-39-42-45-48-51-58(62)67-56(49-46-43-40-37-35-26-23-20-17-14-11-8-2)55(54-66-68(63,64)65-53-52-60(4,5)6)59-57(61)50-47-44-41-38-34-24-21-18-15-12-9-3/h18-19,21-22,27-28,30-31,46,49,55-56H,7-17,20,23-26,29,32-45,47-48,50-54H2,1-6H3,(H-,59,61,63,64)/p+1/b21-18-,22-19-,28-27-,31-30-,49-46-. The maximum absolute atomic E-state index is 13.4. The molecule has 396 valence electrons. The fourth-order valence-electron chi connectivity index (χ4n) is 7.75. The number of esters is 1. The highest BCUT2D eigenvalue weighted by atomic mass is 31.2. The summed E-state index contributed by atoms with van der Waals surface area (Å²) in [5.74, 6) is -0.532. The molecule has 10 heteroatoms. The molecule has 3 atom stereocenters. The molecule has 68 heavy (non-hydrogen) atoms. The van der Waals surface area contributed by atoms with Crippen LogP contribution < -0.4 is 5.32 Å². The van der Waals surface area contributed by atoms with Crippen molar-refractivity contribution in [1.29, 1.82) is 0 Å². The van der Waals surface area contributed by atoms with E-state index in [1.54, 1.807) is 0 Å². The first kappa shape index (κ1) is 65.7. The Labute approximate surface area is 420 Å². The maximum atomic E-state index is 13.4. The van der Waals surface area contributed by atoms with Crippen LogP contribution in [0.4, 0.5) is 0 Å². The van der Waals surface area contributed by atoms with Gasteiger partial charge < -0.3 is 19.4 Å². The Kier molecular flexibility index (Phi) is 46.7. The number of phosphoric ester groups is 1. The monoisotopic (exact) mass is 976 g/mol. The summed E-state index contributed by atoms with van der Waals surface area (Å²) in [6.45, 7) is 6.92. The topological polar surface area (TPSA) is 111 Å². The minimum Gasteiger partial charge on any atom is -0.456 e. The summed E-state index contributed by atoms with van der Waals surface area (Å²) in [6.07, 6.45) is 59.2. The lowest BCUT2D eigenvalue weighted by Crippen LogP contribution is -2.47. The average molecular weight is 976 g/mol. The molecule has 0 rings (SSSR count). The number of nitrogens with one attached hydrogen (secondary N) is 1. The Hall–Kier alpha value is -2.29. The lowest BCUT2D eigenvalue weighted by atomic mass is 10.0. The van der Waals surface area contributed by atoms with Crippen molar-refractivity contribution in [2.24, 2.45) is 0 Å². The third-order valence-electron chi connectivity index (χ3n) is 12.2. The van der Waals surface area contributed by atoms with Gasteiger partial charge in [-0.05, 0) is 89.5 Å². The Morgan fingerprint density at radius 1 is 0.515 bits per heavy atom. The molecule has 0 aromatic heterocycles. The number of nitrogens with zero attached hydrogens (tertiary/aromatic N) is 1. The van der Waals surface area contributed by atoms with E-state index in [0.717, 1.165) is 109 Å². The largest absolute Gasteiger partial charge is 0.472 e. The molecule has 0 aliphatic rings. The second kappa shape index (κ2) is 48.3. The zero-order chi connectivity index (χ0) is 50.1. The minimum atomic E-state index is -4.45. The average Bonchev–Trinajstić information content (AvgIpc) is 3.29. The van der Waals surface area contributed by atoms with Crippen LogP contribution in [0.5, 0.6) is 0 Å². The van der Waals surface area contributed by atoms with Gasteiger partial charge in [0, 0.05) is 12.8 Å². The van der Waals surface area contributed by atoms with E-state index in [0.29, 0.717) is 17.4 Å². The third kappa shape index (κ3) is 48.7. The highest BCUT2D eigenvalue weighted by molar-refractivity contribution is 7.47. The maximum Gasteiger partial charge on any atom is 0.472 e. The highest BCUT2D eigenvalue weighted by Gasteiger charge is 2.30. The fraction of sp³-hybridized carbons (Fsp3) is 0.793. The number of phosphoric acid groups is 1. The normalized spacial score (nSPS) is 14.3. The molecule has 0 fully saturated rings. The number of likely N-dealkylation sites (N-methyl/N-ethyl adjacent to an activating group) is 1. The Morgan fingerprint density at radius 2 is 0.912 bits per heavy atom. The van der Waals surface area contributed by atoms with E-state index in [9.17, 15) is 19.0 Å². The van der Waals surface area contributed by atoms with Crippen LogP contribution in [0.25, 0.3) is 0 Å². The number of carbonyl (C=O) groups excluding carboxylic acids is 2. The molecular weight excluding hydrogens is 868 g/mol. The van der Waals surface area contributed by atoms with Gasteiger partial charge >= 0.3 is 13.8 Å². The molecule has 0 saturated heterocycles. The van der Waals surface area contributed by atoms with Gasteiger partial charge in [0.05, 0.1) is 33.8 Å². The van der Waals surface area contributed by atoms with Crippen LogP contribution in [0.1, 0.15) is 245 Å². The number of allylic oxidation sites excluding steroid dienone is 9. The molecule has 0 saturated carbocycles. The molecule has 0 heterocycles. The molecule has 0 aliphatic heterocycles. The zero-order valence-corrected chi connectivity index (χ0v) is 46.0. The lowest BCUT2D eigenvalue weighted by Gasteiger charge is -2.27. The first-order valence-corrected chi connectivity index (χ1v) is 29.6. The van der Waals surface area contributed by atoms with Crippen LogP contribution in [-0.2, 0) is 27.9 Å². The van der Waals surface area contributed by atoms with Gasteiger partial charge in [0.1, 0.15) is 19.3 Å². The fourth-order valence-corrected chi connectivity index (χ4v) is 8.49. The second-order valence-corrected chi connectivity index (χ2v) is 21.6. The van der Waals surface area contributed by atoms with Crippen molar-refractivity contribution in [3.8, 4) is 0 Å². The van der Waals surface area contributed by atoms with Crippen LogP contribution in [0, 0.1) is 0 Å². The summed E-state index contributed by atoms with van der Waals surface area (Å²) in [4.78, 5) is 37.5. The number of hydrogen-bond acceptors (Lipinski definition) is 6. The van der Waals surface area contributed by atoms with Crippen LogP contribution in [0.3, 0.4) is 0 Å². The first-order chi connectivity index (χ1) is 32.9. The van der Waals surface area contributed by atoms with Crippen LogP contribution in [0.15, 0.2) is 60.8 Å². The van der Waals surface area contributed by atoms with Crippen molar-refractivity contribution in [3.63, 3.8) is 0 Å². The molecule has 3 unspecified atom stereocenters. The molecule has 2 N–H and O–H groups in total. The van der Waals surface area contributed by atoms with E-state index < -0.39 is 20.0 Å². The van der Waals surface area contributed by atoms with E-state index >= 15 is 0 Å². The molecule has 0 aromatic carbocycles. The molecule has 9 nitrogen and oxygen atoms in total. The molecule has 0 aliphatic carbocycles. The van der Waals surface area contributed by atoms with Crippen molar-refractivity contribution >= 4 is 19.7 Å². The zero-order valence-electron chi connectivity index (χ0n) is 45.1. The number of unbranched alkanes of at least 4 members (excludes halogenated alkanes) is 26. The van der Waals surface area contributed by atoms with Crippen molar-refractivity contribution in [1.82, 2.24) is 5.32 Å². The summed E-state index contributed by atoms with van der Waals surface area (Å²) in [5.41, 5.74) is 0. The van der Waals surface area contributed by atoms with Crippen molar-refractivity contribution < 1.29 is 37.3 Å². The second-order valence-electron chi connectivity index (χ2n) is 20.1. The predicted molar refractivity (Wildman–Crippen MR) is 291 cm³/mol. The summed E-state index contributed by atoms with van der Waals surface area (Å²) in [7, 11) is 1.48. The van der Waals surface area contributed by atoms with Gasteiger partial charge in [-0.15, -0.1) is 0 Å². The molecular formula is C58H108N2O7P+. The Bertz CT molecular complexity index is 1350. The summed E-state index contributed by atoms with van der Waals surface area (Å²) in [5, 5.41) is 3.03. The van der Waals surface area contributed by atoms with E-state index in [2.05, 4.69) is 74.7 Å². The van der Waals surface area contributed by atoms with Crippen LogP contribution >= 0.6 is 7.82 Å². The number of quaternary nitrogens is 1. The van der Waals surface area contributed by atoms with Gasteiger partial charge in [-0.2, -0.15) is 0 Å². The van der Waals surface area contributed by atoms with Gasteiger partial charge in [-0.3, -0.25) is 18.6 Å². The number of hydrogen-bond donors (Lipinski definition) is 2. The van der Waals surface area contributed by atoms with E-state index in [1.165, 1.54) is 103 Å². The lowest BCUT2D eigenvalue weighted by molar-refractivity contribution is -0.870. The molecule has 0 radical (unpaired) electrons. The van der Waals surface area contributed by atoms with Gasteiger partial charge in [-0.1, -0.05) is 204 Å². The number of rotatable bonds is 50. The smallest absolute Gasteiger partial charge is 0.456 e. The summed E-state index contributed by atoms with van der Waals surface area (Å²) in [6, 6.07) is -0.857. The van der Waals surface area contributed by atoms with Crippen molar-refractivity contribution in [3.05, 3.63) is 60.8 Å². The van der Waals surface area contributed by atoms with E-state index in [4.69, 9.17) is 13.8 Å². The van der Waals surface area contributed by atoms with Gasteiger partial charge in [0.25, 0.3) is 0 Å². The van der Waals surface area contributed by atoms with E-state index in [-0.39, 0.29) is 31.5 Å². The first-order valence-electron chi connectivity index (χ1n) is 28.1. The van der Waals surface area contributed by atoms with Crippen LogP contribution in [0.2, 0.25) is 0 Å². The SMILES string of the molecule is CCCC/C=C\CCCCCCCC(=O)NC(COP(=O)(O)OCC[N+](C)(C)C)C(/C=C\CCCCCCCCCCCC)OC(=O)CCCCCCCC/C=C\C/C=C\C/C=C\CCCCC. The third-order valence-corrected chi connectivity index (χ3v) is 13.2. The quantitative estimate of drug-likeness (QED) is 0.0205. The minimum absolute atomic E-state index is 0.0350. The molecule has 0 spiro atoms. The molecule has 0 bridgehead atoms. The van der Waals surface area contributed by atoms with Crippen molar-refractivity contribution in [2.45, 2.75) is 258 Å². The summed E-state index contributed by atoms with van der Waals surface area (Å²) < 4.78 is 30.5. The van der Waals surface area contributed by atoms with Gasteiger partial charge in [0.15, 0.2) is 0 Å². The number of carbonyl (C=O) groups is 2. The molecule has 0 aromatic rings. The van der Waals surface area contributed by atoms with Gasteiger partial charge in [-0.25, -0.2) is 4.57 Å². The Balaban J connectivity index is 5.35. The number of amides is 1. The number of ether oxygens (including phenoxy) is 1. The van der Waals surface area contributed by atoms with Gasteiger partial charge in [0.2, 0.25) is 5.91 Å². The van der Waals surface area contributed by atoms with E-state index in [1.807, 2.05) is 33.3 Å². The van der Waals surface area contributed by atoms with Crippen LogP contribution in [-0.4, -0.2) is 74.3 Å². The predicted octanol–water partition coefficient (Wildman–Crippen LogP) is 16.7. The highest BCUT2D eigenvalue weighted by Crippen LogP contribution is 2.43. The van der Waals surface area contributed by atoms with Crippen molar-refractivity contribution in [2.75, 3.05) is 40.9 Å². The summed E-state index contributed by atoms with van der Waals surface area (Å²) >= 11 is 0. The molecule has 1 amide bonds.